The average molecular weight is 612 g/mol. The first-order chi connectivity index (χ1) is 20.7. The van der Waals surface area contributed by atoms with E-state index >= 15 is 0 Å². The summed E-state index contributed by atoms with van der Waals surface area (Å²) in [4.78, 5) is 39.1. The normalized spacial score (nSPS) is 16.9. The molecule has 228 valence electrons. The number of anilines is 1. The van der Waals surface area contributed by atoms with Crippen LogP contribution in [-0.2, 0) is 16.1 Å². The lowest BCUT2D eigenvalue weighted by Crippen LogP contribution is -2.49. The average Bonchev–Trinajstić information content (AvgIpc) is 3.73. The van der Waals surface area contributed by atoms with E-state index in [9.17, 15) is 14.0 Å². The third-order valence-corrected chi connectivity index (χ3v) is 7.73. The number of amidine groups is 1. The highest BCUT2D eigenvalue weighted by Crippen LogP contribution is 2.37. The molecule has 1 aliphatic heterocycles. The van der Waals surface area contributed by atoms with Gasteiger partial charge in [-0.1, -0.05) is 24.4 Å². The van der Waals surface area contributed by atoms with E-state index in [1.807, 2.05) is 4.90 Å². The summed E-state index contributed by atoms with van der Waals surface area (Å²) in [6.45, 7) is 5.11. The molecule has 12 nitrogen and oxygen atoms in total. The molecular formula is C29H35ClFN9O3. The Balaban J connectivity index is 1.39. The van der Waals surface area contributed by atoms with Crippen LogP contribution < -0.4 is 15.8 Å². The Morgan fingerprint density at radius 3 is 2.58 bits per heavy atom. The summed E-state index contributed by atoms with van der Waals surface area (Å²) in [6, 6.07) is 6.16. The monoisotopic (exact) mass is 611 g/mol. The highest BCUT2D eigenvalue weighted by Gasteiger charge is 2.30. The Bertz CT molecular complexity index is 1460. The minimum absolute atomic E-state index is 0.0472. The van der Waals surface area contributed by atoms with Crippen molar-refractivity contribution in [1.29, 1.82) is 5.41 Å². The van der Waals surface area contributed by atoms with E-state index in [1.165, 1.54) is 61.6 Å². The quantitative estimate of drug-likeness (QED) is 0.208. The van der Waals surface area contributed by atoms with E-state index in [4.69, 9.17) is 27.5 Å². The molecule has 1 aromatic carbocycles. The molecule has 0 spiro atoms. The summed E-state index contributed by atoms with van der Waals surface area (Å²) >= 11 is 6.28. The zero-order valence-electron chi connectivity index (χ0n) is 23.9. The molecule has 2 aromatic heterocycles. The van der Waals surface area contributed by atoms with Crippen molar-refractivity contribution in [2.45, 2.75) is 45.0 Å². The van der Waals surface area contributed by atoms with Gasteiger partial charge in [0.05, 0.1) is 5.69 Å². The van der Waals surface area contributed by atoms with Crippen LogP contribution in [0.3, 0.4) is 0 Å². The molecule has 1 saturated heterocycles. The third kappa shape index (κ3) is 7.85. The summed E-state index contributed by atoms with van der Waals surface area (Å²) in [5, 5.41) is 15.7. The smallest absolute Gasteiger partial charge is 0.244 e. The van der Waals surface area contributed by atoms with Crippen molar-refractivity contribution in [2.75, 3.05) is 38.0 Å². The van der Waals surface area contributed by atoms with Crippen LogP contribution in [0.25, 0.3) is 11.3 Å². The van der Waals surface area contributed by atoms with Crippen LogP contribution in [0.15, 0.2) is 42.9 Å². The van der Waals surface area contributed by atoms with E-state index < -0.39 is 24.0 Å². The fraction of sp³-hybridized carbons (Fsp3) is 0.448. The molecule has 5 rings (SSSR count). The van der Waals surface area contributed by atoms with Crippen LogP contribution in [-0.4, -0.2) is 86.3 Å². The van der Waals surface area contributed by atoms with Crippen molar-refractivity contribution in [3.63, 3.8) is 0 Å². The standard InChI is InChI=1S/C29H35ClFN9O3/c1-18(31)43-23-6-5-20(30)15-21(23)26-22(36-29(42)25(27(32)33)28-34-8-2-9-35-28)16-40(37-26)17-24(41)39-13-11-38(12-14-39)10-7-19-3-4-19/h2,5-6,8-9,15-16,18-19,25H,3-4,7,10-14,17H2,1H3,(H3,32,33)(H,36,42). The Morgan fingerprint density at radius 2 is 1.93 bits per heavy atom. The van der Waals surface area contributed by atoms with Gasteiger partial charge in [0.1, 0.15) is 29.6 Å². The second kappa shape index (κ2) is 13.5. The molecule has 4 N–H and O–H groups in total. The van der Waals surface area contributed by atoms with Crippen LogP contribution >= 0.6 is 11.6 Å². The highest BCUT2D eigenvalue weighted by atomic mass is 35.5. The molecule has 43 heavy (non-hydrogen) atoms. The Morgan fingerprint density at radius 1 is 1.21 bits per heavy atom. The fourth-order valence-corrected chi connectivity index (χ4v) is 5.22. The van der Waals surface area contributed by atoms with Crippen LogP contribution in [0.2, 0.25) is 5.02 Å². The van der Waals surface area contributed by atoms with Crippen molar-refractivity contribution in [1.82, 2.24) is 29.5 Å². The van der Waals surface area contributed by atoms with Crippen molar-refractivity contribution >= 4 is 34.9 Å². The number of hydrogen-bond donors (Lipinski definition) is 3. The van der Waals surface area contributed by atoms with E-state index in [2.05, 4.69) is 25.3 Å². The first-order valence-electron chi connectivity index (χ1n) is 14.3. The van der Waals surface area contributed by atoms with Gasteiger partial charge in [0, 0.05) is 62.3 Å². The number of piperazine rings is 1. The van der Waals surface area contributed by atoms with E-state index in [0.717, 1.165) is 25.6 Å². The minimum atomic E-state index is -1.64. The number of carbonyl (C=O) groups excluding carboxylic acids is 2. The van der Waals surface area contributed by atoms with Gasteiger partial charge in [-0.05, 0) is 43.1 Å². The summed E-state index contributed by atoms with van der Waals surface area (Å²) < 4.78 is 20.7. The number of alkyl halides is 1. The number of nitrogens with two attached hydrogens (primary N) is 1. The number of hydrogen-bond acceptors (Lipinski definition) is 8. The predicted molar refractivity (Wildman–Crippen MR) is 160 cm³/mol. The molecule has 3 aromatic rings. The minimum Gasteiger partial charge on any atom is -0.460 e. The lowest BCUT2D eigenvalue weighted by Gasteiger charge is -2.34. The largest absolute Gasteiger partial charge is 0.460 e. The van der Waals surface area contributed by atoms with Crippen LogP contribution in [0.5, 0.6) is 5.75 Å². The molecule has 2 fully saturated rings. The molecule has 3 heterocycles. The van der Waals surface area contributed by atoms with Gasteiger partial charge >= 0.3 is 0 Å². The van der Waals surface area contributed by atoms with Gasteiger partial charge < -0.3 is 20.7 Å². The number of benzene rings is 1. The van der Waals surface area contributed by atoms with Gasteiger partial charge in [0.25, 0.3) is 0 Å². The predicted octanol–water partition coefficient (Wildman–Crippen LogP) is 3.29. The van der Waals surface area contributed by atoms with Crippen LogP contribution in [0.1, 0.15) is 37.9 Å². The van der Waals surface area contributed by atoms with Crippen LogP contribution in [0.4, 0.5) is 10.1 Å². The number of amides is 2. The summed E-state index contributed by atoms with van der Waals surface area (Å²) in [5.74, 6) is -1.48. The molecule has 0 radical (unpaired) electrons. The molecular weight excluding hydrogens is 577 g/mol. The summed E-state index contributed by atoms with van der Waals surface area (Å²) in [5.41, 5.74) is 6.44. The van der Waals surface area contributed by atoms with Crippen LogP contribution in [0, 0.1) is 11.3 Å². The van der Waals surface area contributed by atoms with E-state index in [0.29, 0.717) is 23.7 Å². The lowest BCUT2D eigenvalue weighted by molar-refractivity contribution is -0.133. The maximum atomic E-state index is 13.9. The van der Waals surface area contributed by atoms with Gasteiger partial charge in [-0.2, -0.15) is 5.10 Å². The zero-order valence-corrected chi connectivity index (χ0v) is 24.6. The molecule has 1 aliphatic carbocycles. The number of ether oxygens (including phenoxy) is 1. The molecule has 2 amide bonds. The maximum Gasteiger partial charge on any atom is 0.244 e. The number of nitrogens with zero attached hydrogens (tertiary/aromatic N) is 6. The van der Waals surface area contributed by atoms with Gasteiger partial charge in [0.15, 0.2) is 5.92 Å². The number of rotatable bonds is 12. The SMILES string of the molecule is CC(F)Oc1ccc(Cl)cc1-c1nn(CC(=O)N2CCN(CCC3CC3)CC2)cc1NC(=O)C(C(=N)N)c1ncccn1. The molecule has 2 atom stereocenters. The van der Waals surface area contributed by atoms with Gasteiger partial charge in [-0.25, -0.2) is 14.4 Å². The third-order valence-electron chi connectivity index (χ3n) is 7.50. The number of halogens is 2. The molecule has 14 heteroatoms. The van der Waals surface area contributed by atoms with Crippen molar-refractivity contribution < 1.29 is 18.7 Å². The lowest BCUT2D eigenvalue weighted by atomic mass is 10.1. The Hall–Kier alpha value is -4.10. The van der Waals surface area contributed by atoms with Gasteiger partial charge in [0.2, 0.25) is 18.2 Å². The highest BCUT2D eigenvalue weighted by molar-refractivity contribution is 6.31. The molecule has 2 unspecified atom stereocenters. The number of aromatic nitrogens is 4. The van der Waals surface area contributed by atoms with Gasteiger partial charge in [-0.15, -0.1) is 0 Å². The summed E-state index contributed by atoms with van der Waals surface area (Å²) in [7, 11) is 0. The van der Waals surface area contributed by atoms with Crippen molar-refractivity contribution in [3.8, 4) is 17.0 Å². The van der Waals surface area contributed by atoms with Crippen molar-refractivity contribution in [2.24, 2.45) is 11.7 Å². The maximum absolute atomic E-state index is 13.9. The first kappa shape index (κ1) is 30.4. The zero-order chi connectivity index (χ0) is 30.5. The van der Waals surface area contributed by atoms with Gasteiger partial charge in [-0.3, -0.25) is 24.6 Å². The van der Waals surface area contributed by atoms with E-state index in [1.54, 1.807) is 12.1 Å². The topological polar surface area (TPSA) is 155 Å². The molecule has 1 saturated carbocycles. The van der Waals surface area contributed by atoms with E-state index in [-0.39, 0.29) is 35.4 Å². The Labute approximate surface area is 253 Å². The second-order valence-electron chi connectivity index (χ2n) is 10.8. The second-order valence-corrected chi connectivity index (χ2v) is 11.3. The number of nitrogens with one attached hydrogen (secondary N) is 2. The molecule has 0 bridgehead atoms. The van der Waals surface area contributed by atoms with Crippen molar-refractivity contribution in [3.05, 3.63) is 53.7 Å². The fourth-order valence-electron chi connectivity index (χ4n) is 5.05. The molecule has 2 aliphatic rings. The first-order valence-corrected chi connectivity index (χ1v) is 14.7. The summed E-state index contributed by atoms with van der Waals surface area (Å²) in [6.07, 6.45) is 6.64. The Kier molecular flexibility index (Phi) is 9.51. The number of carbonyl (C=O) groups is 2.